The molecule has 4 nitrogen and oxygen atoms in total. The molecule has 0 spiro atoms. The van der Waals surface area contributed by atoms with Crippen LogP contribution in [0.25, 0.3) is 44.5 Å². The van der Waals surface area contributed by atoms with Gasteiger partial charge in [-0.05, 0) is 136 Å². The SMILES string of the molecule is C=C1/C=C(c2ccc(Nc3ccccc3)c(-c3ccccc3)c2)\C=C/N(c2cccc(Oc3ccccc3)c2)c2ccc(-c3cccc(-c4ccccc4Nc4ccccc4)c3)cc21. The minimum atomic E-state index is 0.750. The number of benzene rings is 9. The zero-order valence-electron chi connectivity index (χ0n) is 35.2. The number of rotatable bonds is 11. The Kier molecular flexibility index (Phi) is 11.2. The number of hydrogen-bond acceptors (Lipinski definition) is 4. The van der Waals surface area contributed by atoms with E-state index in [4.69, 9.17) is 11.3 Å². The van der Waals surface area contributed by atoms with Crippen molar-refractivity contribution in [2.75, 3.05) is 15.5 Å². The van der Waals surface area contributed by atoms with E-state index < -0.39 is 0 Å². The van der Waals surface area contributed by atoms with Crippen molar-refractivity contribution in [3.8, 4) is 44.9 Å². The van der Waals surface area contributed by atoms with E-state index in [-0.39, 0.29) is 0 Å². The molecule has 306 valence electrons. The first kappa shape index (κ1) is 39.5. The molecule has 0 saturated heterocycles. The van der Waals surface area contributed by atoms with Gasteiger partial charge in [-0.25, -0.2) is 0 Å². The molecule has 0 bridgehead atoms. The maximum Gasteiger partial charge on any atom is 0.129 e. The Morgan fingerprint density at radius 1 is 0.391 bits per heavy atom. The van der Waals surface area contributed by atoms with Gasteiger partial charge < -0.3 is 20.3 Å². The third-order valence-electron chi connectivity index (χ3n) is 11.4. The van der Waals surface area contributed by atoms with Crippen molar-refractivity contribution in [1.29, 1.82) is 0 Å². The normalized spacial score (nSPS) is 13.4. The Morgan fingerprint density at radius 2 is 0.953 bits per heavy atom. The van der Waals surface area contributed by atoms with E-state index in [0.717, 1.165) is 101 Å². The molecule has 64 heavy (non-hydrogen) atoms. The molecular formula is C60H45N3O. The van der Waals surface area contributed by atoms with Crippen LogP contribution in [0.15, 0.2) is 255 Å². The van der Waals surface area contributed by atoms with Crippen molar-refractivity contribution in [3.05, 3.63) is 267 Å². The lowest BCUT2D eigenvalue weighted by Crippen LogP contribution is -2.12. The van der Waals surface area contributed by atoms with E-state index in [9.17, 15) is 0 Å². The molecule has 0 radical (unpaired) electrons. The smallest absolute Gasteiger partial charge is 0.129 e. The second-order valence-electron chi connectivity index (χ2n) is 15.7. The first-order valence-electron chi connectivity index (χ1n) is 21.5. The van der Waals surface area contributed by atoms with Crippen molar-refractivity contribution in [1.82, 2.24) is 0 Å². The summed E-state index contributed by atoms with van der Waals surface area (Å²) in [6.45, 7) is 4.76. The number of fused-ring (bicyclic) bond motifs is 1. The van der Waals surface area contributed by atoms with Gasteiger partial charge >= 0.3 is 0 Å². The van der Waals surface area contributed by atoms with Crippen molar-refractivity contribution >= 4 is 45.3 Å². The van der Waals surface area contributed by atoms with Crippen LogP contribution in [-0.2, 0) is 0 Å². The average molecular weight is 824 g/mol. The lowest BCUT2D eigenvalue weighted by Gasteiger charge is -2.27. The number of anilines is 6. The molecule has 9 aromatic rings. The Balaban J connectivity index is 1.07. The van der Waals surface area contributed by atoms with Crippen LogP contribution >= 0.6 is 0 Å². The summed E-state index contributed by atoms with van der Waals surface area (Å²) in [5.41, 5.74) is 16.9. The molecule has 1 aliphatic rings. The van der Waals surface area contributed by atoms with Crippen LogP contribution in [0.2, 0.25) is 0 Å². The van der Waals surface area contributed by atoms with Gasteiger partial charge in [-0.3, -0.25) is 0 Å². The predicted octanol–water partition coefficient (Wildman–Crippen LogP) is 16.7. The molecule has 1 heterocycles. The molecule has 2 N–H and O–H groups in total. The molecule has 10 rings (SSSR count). The molecule has 0 unspecified atom stereocenters. The number of nitrogens with zero attached hydrogens (tertiary/aromatic N) is 1. The van der Waals surface area contributed by atoms with Gasteiger partial charge in [-0.2, -0.15) is 0 Å². The number of para-hydroxylation sites is 4. The minimum Gasteiger partial charge on any atom is -0.457 e. The van der Waals surface area contributed by atoms with Gasteiger partial charge in [0.2, 0.25) is 0 Å². The molecule has 0 aromatic heterocycles. The Bertz CT molecular complexity index is 3140. The van der Waals surface area contributed by atoms with E-state index in [1.807, 2.05) is 78.9 Å². The lowest BCUT2D eigenvalue weighted by molar-refractivity contribution is 0.483. The van der Waals surface area contributed by atoms with Crippen LogP contribution in [0.1, 0.15) is 11.1 Å². The zero-order chi connectivity index (χ0) is 43.1. The third-order valence-corrected chi connectivity index (χ3v) is 11.4. The highest BCUT2D eigenvalue weighted by Crippen LogP contribution is 2.42. The Hall–Kier alpha value is -8.60. The van der Waals surface area contributed by atoms with Gasteiger partial charge in [0.1, 0.15) is 11.5 Å². The van der Waals surface area contributed by atoms with Crippen molar-refractivity contribution in [2.45, 2.75) is 0 Å². The first-order valence-corrected chi connectivity index (χ1v) is 21.5. The molecule has 9 aromatic carbocycles. The summed E-state index contributed by atoms with van der Waals surface area (Å²) < 4.78 is 6.35. The summed E-state index contributed by atoms with van der Waals surface area (Å²) in [6.07, 6.45) is 6.56. The summed E-state index contributed by atoms with van der Waals surface area (Å²) >= 11 is 0. The molecule has 4 heteroatoms. The molecule has 0 amide bonds. The van der Waals surface area contributed by atoms with Crippen LogP contribution in [0.4, 0.5) is 34.1 Å². The summed E-state index contributed by atoms with van der Waals surface area (Å²) in [5, 5.41) is 7.30. The summed E-state index contributed by atoms with van der Waals surface area (Å²) in [5.74, 6) is 1.53. The second-order valence-corrected chi connectivity index (χ2v) is 15.7. The fraction of sp³-hybridized carbons (Fsp3) is 0. The van der Waals surface area contributed by atoms with Gasteiger partial charge in [-0.15, -0.1) is 0 Å². The number of allylic oxidation sites excluding steroid dienone is 4. The largest absolute Gasteiger partial charge is 0.457 e. The average Bonchev–Trinajstić information content (AvgIpc) is 3.35. The first-order chi connectivity index (χ1) is 31.6. The van der Waals surface area contributed by atoms with E-state index in [1.54, 1.807) is 0 Å². The van der Waals surface area contributed by atoms with Crippen LogP contribution in [0.5, 0.6) is 11.5 Å². The van der Waals surface area contributed by atoms with E-state index in [1.165, 1.54) is 0 Å². The topological polar surface area (TPSA) is 36.5 Å². The zero-order valence-corrected chi connectivity index (χ0v) is 35.2. The van der Waals surface area contributed by atoms with E-state index in [2.05, 4.69) is 186 Å². The van der Waals surface area contributed by atoms with Crippen LogP contribution in [-0.4, -0.2) is 0 Å². The maximum atomic E-state index is 6.35. The highest BCUT2D eigenvalue weighted by molar-refractivity contribution is 5.96. The minimum absolute atomic E-state index is 0.750. The van der Waals surface area contributed by atoms with Crippen molar-refractivity contribution in [2.24, 2.45) is 0 Å². The second kappa shape index (κ2) is 18.2. The number of hydrogen-bond donors (Lipinski definition) is 2. The van der Waals surface area contributed by atoms with Crippen LogP contribution in [0.3, 0.4) is 0 Å². The highest BCUT2D eigenvalue weighted by atomic mass is 16.5. The van der Waals surface area contributed by atoms with Gasteiger partial charge in [0.15, 0.2) is 0 Å². The fourth-order valence-corrected chi connectivity index (χ4v) is 8.21. The summed E-state index contributed by atoms with van der Waals surface area (Å²) in [7, 11) is 0. The predicted molar refractivity (Wildman–Crippen MR) is 270 cm³/mol. The monoisotopic (exact) mass is 823 g/mol. The maximum absolute atomic E-state index is 6.35. The molecular weight excluding hydrogens is 779 g/mol. The standard InChI is InChI=1S/C60H45N3O/c1-43-38-48(46-32-34-59(62-51-24-10-4-11-25-51)57(41-46)44-18-6-2-7-19-44)36-37-63(52-26-17-29-54(42-52)64-53-27-12-5-13-28-53)60-35-33-47(40-56(43)60)45-20-16-21-49(39-45)55-30-14-15-31-58(55)61-50-22-8-3-9-23-50/h2-42,61-62H,1H2/b37-36-,48-38+. The van der Waals surface area contributed by atoms with Gasteiger partial charge in [0, 0.05) is 57.4 Å². The van der Waals surface area contributed by atoms with Gasteiger partial charge in [0.25, 0.3) is 0 Å². The van der Waals surface area contributed by atoms with E-state index >= 15 is 0 Å². The Labute approximate surface area is 375 Å². The summed E-state index contributed by atoms with van der Waals surface area (Å²) in [4.78, 5) is 2.24. The van der Waals surface area contributed by atoms with Crippen molar-refractivity contribution < 1.29 is 4.74 Å². The van der Waals surface area contributed by atoms with Crippen molar-refractivity contribution in [3.63, 3.8) is 0 Å². The Morgan fingerprint density at radius 3 is 1.70 bits per heavy atom. The fourth-order valence-electron chi connectivity index (χ4n) is 8.21. The molecule has 0 aliphatic carbocycles. The van der Waals surface area contributed by atoms with Gasteiger partial charge in [-0.1, -0.05) is 146 Å². The molecule has 0 fully saturated rings. The quantitative estimate of drug-likeness (QED) is 0.136. The lowest BCUT2D eigenvalue weighted by atomic mass is 9.91. The van der Waals surface area contributed by atoms with Gasteiger partial charge in [0.05, 0.1) is 5.69 Å². The number of nitrogens with one attached hydrogen (secondary N) is 2. The number of ether oxygens (including phenoxy) is 1. The van der Waals surface area contributed by atoms with E-state index in [0.29, 0.717) is 0 Å². The molecule has 0 atom stereocenters. The molecule has 0 saturated carbocycles. The third kappa shape index (κ3) is 8.76. The van der Waals surface area contributed by atoms with Crippen LogP contribution < -0.4 is 20.3 Å². The highest BCUT2D eigenvalue weighted by Gasteiger charge is 2.19. The van der Waals surface area contributed by atoms with Crippen LogP contribution in [0, 0.1) is 0 Å². The summed E-state index contributed by atoms with van der Waals surface area (Å²) in [6, 6.07) is 79.9. The molecule has 1 aliphatic heterocycles.